The van der Waals surface area contributed by atoms with Crippen molar-refractivity contribution < 1.29 is 9.53 Å². The van der Waals surface area contributed by atoms with Gasteiger partial charge in [-0.25, -0.2) is 9.79 Å². The van der Waals surface area contributed by atoms with Crippen LogP contribution in [0.15, 0.2) is 94.0 Å². The summed E-state index contributed by atoms with van der Waals surface area (Å²) in [7, 11) is 0. The summed E-state index contributed by atoms with van der Waals surface area (Å²) in [5.41, 5.74) is 3.57. The molecule has 178 valence electrons. The van der Waals surface area contributed by atoms with Gasteiger partial charge in [0.05, 0.1) is 28.5 Å². The average Bonchev–Trinajstić information content (AvgIpc) is 3.43. The minimum Gasteiger partial charge on any atom is -0.463 e. The number of thiazole rings is 1. The molecule has 0 saturated carbocycles. The molecule has 2 aromatic heterocycles. The quantitative estimate of drug-likeness (QED) is 0.376. The SMILES string of the molecule is CCOC(=O)C1=C(C)N=c2sc(=Cc3c[nH]c4ccccc34)c(=O)n2[C@H]1c1cccc2ccccc12. The maximum atomic E-state index is 13.9. The molecule has 0 bridgehead atoms. The van der Waals surface area contributed by atoms with E-state index in [9.17, 15) is 9.59 Å². The molecule has 3 heterocycles. The fraction of sp³-hybridized carbons (Fsp3) is 0.138. The second-order valence-electron chi connectivity index (χ2n) is 8.66. The van der Waals surface area contributed by atoms with E-state index in [-0.39, 0.29) is 12.2 Å². The largest absolute Gasteiger partial charge is 0.463 e. The Bertz CT molecular complexity index is 1870. The number of aromatic amines is 1. The van der Waals surface area contributed by atoms with Crippen molar-refractivity contribution in [3.8, 4) is 0 Å². The molecule has 6 nitrogen and oxygen atoms in total. The number of benzene rings is 3. The normalized spacial score (nSPS) is 15.8. The van der Waals surface area contributed by atoms with Crippen molar-refractivity contribution >= 4 is 45.1 Å². The predicted octanol–water partition coefficient (Wildman–Crippen LogP) is 4.43. The number of allylic oxidation sites excluding steroid dienone is 1. The van der Waals surface area contributed by atoms with E-state index in [1.54, 1.807) is 18.4 Å². The molecular formula is C29H23N3O3S. The zero-order valence-electron chi connectivity index (χ0n) is 19.8. The number of ether oxygens (including phenoxy) is 1. The third kappa shape index (κ3) is 3.51. The second kappa shape index (κ2) is 8.77. The van der Waals surface area contributed by atoms with Crippen LogP contribution in [0.4, 0.5) is 0 Å². The number of hydrogen-bond acceptors (Lipinski definition) is 5. The number of hydrogen-bond donors (Lipinski definition) is 1. The number of para-hydroxylation sites is 1. The molecule has 5 aromatic rings. The van der Waals surface area contributed by atoms with Crippen molar-refractivity contribution in [1.29, 1.82) is 0 Å². The van der Waals surface area contributed by atoms with Crippen LogP contribution in [0.3, 0.4) is 0 Å². The molecule has 6 rings (SSSR count). The van der Waals surface area contributed by atoms with Gasteiger partial charge in [0.2, 0.25) is 0 Å². The minimum atomic E-state index is -0.642. The molecule has 1 aliphatic rings. The highest BCUT2D eigenvalue weighted by Crippen LogP contribution is 2.34. The third-order valence-electron chi connectivity index (χ3n) is 6.54. The number of nitrogens with zero attached hydrogens (tertiary/aromatic N) is 2. The molecule has 0 radical (unpaired) electrons. The Kier molecular flexibility index (Phi) is 5.42. The van der Waals surface area contributed by atoms with E-state index in [0.717, 1.165) is 32.8 Å². The monoisotopic (exact) mass is 493 g/mol. The second-order valence-corrected chi connectivity index (χ2v) is 9.67. The van der Waals surface area contributed by atoms with Gasteiger partial charge in [-0.1, -0.05) is 72.0 Å². The van der Waals surface area contributed by atoms with E-state index >= 15 is 0 Å². The maximum Gasteiger partial charge on any atom is 0.338 e. The highest BCUT2D eigenvalue weighted by molar-refractivity contribution is 7.07. The standard InChI is InChI=1S/C29H23N3O3S/c1-3-35-28(34)25-17(2)31-29-32(26(25)22-13-8-10-18-9-4-5-11-20(18)22)27(33)24(36-29)15-19-16-30-23-14-7-6-12-21(19)23/h4-16,26,30H,3H2,1-2H3/t26-/m0/s1. The summed E-state index contributed by atoms with van der Waals surface area (Å²) < 4.78 is 7.63. The highest BCUT2D eigenvalue weighted by atomic mass is 32.1. The first-order valence-electron chi connectivity index (χ1n) is 11.8. The lowest BCUT2D eigenvalue weighted by Crippen LogP contribution is -2.40. The molecule has 0 spiro atoms. The number of nitrogens with one attached hydrogen (secondary N) is 1. The first kappa shape index (κ1) is 22.2. The van der Waals surface area contributed by atoms with Crippen LogP contribution < -0.4 is 14.9 Å². The summed E-state index contributed by atoms with van der Waals surface area (Å²) in [6.45, 7) is 3.82. The van der Waals surface area contributed by atoms with Crippen LogP contribution in [0.2, 0.25) is 0 Å². The van der Waals surface area contributed by atoms with Crippen LogP contribution in [-0.4, -0.2) is 22.1 Å². The lowest BCUT2D eigenvalue weighted by atomic mass is 9.91. The minimum absolute atomic E-state index is 0.184. The van der Waals surface area contributed by atoms with Crippen molar-refractivity contribution in [2.75, 3.05) is 6.61 Å². The Hall–Kier alpha value is -4.23. The first-order valence-corrected chi connectivity index (χ1v) is 12.6. The summed E-state index contributed by atoms with van der Waals surface area (Å²) in [6, 6.07) is 21.3. The van der Waals surface area contributed by atoms with Crippen LogP contribution >= 0.6 is 11.3 Å². The average molecular weight is 494 g/mol. The molecule has 7 heteroatoms. The van der Waals surface area contributed by atoms with Crippen LogP contribution in [0.1, 0.15) is 31.0 Å². The van der Waals surface area contributed by atoms with Crippen molar-refractivity contribution in [3.63, 3.8) is 0 Å². The predicted molar refractivity (Wildman–Crippen MR) is 143 cm³/mol. The molecule has 0 saturated heterocycles. The van der Waals surface area contributed by atoms with Gasteiger partial charge >= 0.3 is 5.97 Å². The molecule has 36 heavy (non-hydrogen) atoms. The van der Waals surface area contributed by atoms with Gasteiger partial charge in [-0.05, 0) is 42.3 Å². The van der Waals surface area contributed by atoms with Crippen molar-refractivity contribution in [3.05, 3.63) is 115 Å². The van der Waals surface area contributed by atoms with Crippen molar-refractivity contribution in [2.45, 2.75) is 19.9 Å². The number of fused-ring (bicyclic) bond motifs is 3. The summed E-state index contributed by atoms with van der Waals surface area (Å²) in [6.07, 6.45) is 3.80. The molecule has 0 unspecified atom stereocenters. The van der Waals surface area contributed by atoms with E-state index in [4.69, 9.17) is 9.73 Å². The number of rotatable bonds is 4. The Morgan fingerprint density at radius 1 is 1.08 bits per heavy atom. The molecular weight excluding hydrogens is 470 g/mol. The number of carbonyl (C=O) groups is 1. The van der Waals surface area contributed by atoms with Crippen LogP contribution in [0, 0.1) is 0 Å². The lowest BCUT2D eigenvalue weighted by Gasteiger charge is -2.25. The van der Waals surface area contributed by atoms with Crippen LogP contribution in [0.25, 0.3) is 27.8 Å². The van der Waals surface area contributed by atoms with Gasteiger partial charge in [0.25, 0.3) is 5.56 Å². The summed E-state index contributed by atoms with van der Waals surface area (Å²) in [5, 5.41) is 3.05. The van der Waals surface area contributed by atoms with E-state index in [1.165, 1.54) is 11.3 Å². The van der Waals surface area contributed by atoms with Gasteiger partial charge in [-0.3, -0.25) is 9.36 Å². The molecule has 0 fully saturated rings. The van der Waals surface area contributed by atoms with Gasteiger partial charge in [-0.15, -0.1) is 0 Å². The molecule has 1 atom stereocenters. The van der Waals surface area contributed by atoms with Crippen molar-refractivity contribution in [1.82, 2.24) is 9.55 Å². The summed E-state index contributed by atoms with van der Waals surface area (Å²) in [4.78, 5) is 35.6. The Morgan fingerprint density at radius 3 is 2.67 bits per heavy atom. The van der Waals surface area contributed by atoms with Gasteiger partial charge in [0.15, 0.2) is 4.80 Å². The Morgan fingerprint density at radius 2 is 1.83 bits per heavy atom. The van der Waals surface area contributed by atoms with E-state index in [1.807, 2.05) is 79.0 Å². The fourth-order valence-electron chi connectivity index (χ4n) is 4.93. The van der Waals surface area contributed by atoms with Gasteiger partial charge < -0.3 is 9.72 Å². The number of H-pyrrole nitrogens is 1. The highest BCUT2D eigenvalue weighted by Gasteiger charge is 2.34. The molecule has 1 N–H and O–H groups in total. The van der Waals surface area contributed by atoms with Crippen molar-refractivity contribution in [2.24, 2.45) is 4.99 Å². The van der Waals surface area contributed by atoms with Crippen LogP contribution in [-0.2, 0) is 9.53 Å². The zero-order chi connectivity index (χ0) is 24.8. The number of carbonyl (C=O) groups excluding carboxylic acids is 1. The molecule has 0 aliphatic carbocycles. The van der Waals surface area contributed by atoms with Gasteiger partial charge in [-0.2, -0.15) is 0 Å². The summed E-state index contributed by atoms with van der Waals surface area (Å²) in [5.74, 6) is -0.456. The molecule has 3 aromatic carbocycles. The topological polar surface area (TPSA) is 76.4 Å². The number of esters is 1. The van der Waals surface area contributed by atoms with Gasteiger partial charge in [0, 0.05) is 22.7 Å². The third-order valence-corrected chi connectivity index (χ3v) is 7.53. The number of aromatic nitrogens is 2. The lowest BCUT2D eigenvalue weighted by molar-refractivity contribution is -0.139. The maximum absolute atomic E-state index is 13.9. The van der Waals surface area contributed by atoms with Crippen LogP contribution in [0.5, 0.6) is 0 Å². The van der Waals surface area contributed by atoms with E-state index < -0.39 is 12.0 Å². The Labute approximate surface area is 210 Å². The fourth-order valence-corrected chi connectivity index (χ4v) is 5.97. The molecule has 0 amide bonds. The smallest absolute Gasteiger partial charge is 0.338 e. The first-order chi connectivity index (χ1) is 17.6. The zero-order valence-corrected chi connectivity index (χ0v) is 20.6. The Balaban J connectivity index is 1.63. The van der Waals surface area contributed by atoms with E-state index in [0.29, 0.717) is 20.6 Å². The van der Waals surface area contributed by atoms with E-state index in [2.05, 4.69) is 4.98 Å². The van der Waals surface area contributed by atoms with Gasteiger partial charge in [0.1, 0.15) is 0 Å². The summed E-state index contributed by atoms with van der Waals surface area (Å²) >= 11 is 1.33. The molecule has 1 aliphatic heterocycles.